The van der Waals surface area contributed by atoms with Crippen molar-refractivity contribution in [2.45, 2.75) is 44.9 Å². The third-order valence-electron chi connectivity index (χ3n) is 5.78. The van der Waals surface area contributed by atoms with E-state index in [1.54, 1.807) is 18.2 Å². The number of benzene rings is 1. The van der Waals surface area contributed by atoms with E-state index >= 15 is 0 Å². The topological polar surface area (TPSA) is 141 Å². The number of hydrogen-bond acceptors (Lipinski definition) is 4. The Balaban J connectivity index is 1.80. The minimum Gasteiger partial charge on any atom is -0.398 e. The molecule has 30 heavy (non-hydrogen) atoms. The second-order valence-corrected chi connectivity index (χ2v) is 7.89. The lowest BCUT2D eigenvalue weighted by molar-refractivity contribution is -0.125. The van der Waals surface area contributed by atoms with Gasteiger partial charge in [0.2, 0.25) is 5.91 Å². The van der Waals surface area contributed by atoms with Gasteiger partial charge >= 0.3 is 0 Å². The van der Waals surface area contributed by atoms with Gasteiger partial charge in [-0.3, -0.25) is 10.2 Å². The number of amidine groups is 1. The molecule has 0 spiro atoms. The number of nitrogen functional groups attached to an aromatic ring is 1. The molecule has 0 saturated heterocycles. The zero-order valence-corrected chi connectivity index (χ0v) is 17.2. The molecule has 1 aromatic rings. The van der Waals surface area contributed by atoms with Crippen molar-refractivity contribution in [3.05, 3.63) is 53.3 Å². The van der Waals surface area contributed by atoms with Crippen molar-refractivity contribution in [2.24, 2.45) is 22.6 Å². The van der Waals surface area contributed by atoms with Crippen molar-refractivity contribution in [1.82, 2.24) is 5.32 Å². The van der Waals surface area contributed by atoms with E-state index in [4.69, 9.17) is 22.3 Å². The van der Waals surface area contributed by atoms with Crippen LogP contribution in [0.25, 0.3) is 0 Å². The van der Waals surface area contributed by atoms with Crippen LogP contribution < -0.4 is 16.8 Å². The molecule has 7 N–H and O–H groups in total. The lowest BCUT2D eigenvalue weighted by Gasteiger charge is -2.21. The van der Waals surface area contributed by atoms with Gasteiger partial charge in [0.1, 0.15) is 12.2 Å². The maximum Gasteiger partial charge on any atom is 0.227 e. The summed E-state index contributed by atoms with van der Waals surface area (Å²) in [5.74, 6) is 0.185. The van der Waals surface area contributed by atoms with Gasteiger partial charge in [-0.2, -0.15) is 0 Å². The van der Waals surface area contributed by atoms with Crippen molar-refractivity contribution >= 4 is 29.5 Å². The molecule has 2 aliphatic rings. The SMILES string of the molecule is N=CN=C(N)c1ccc(N)c(C(=N)C2C=C(NC(=O)C3CCCCC3)C=CCC2)c1. The first kappa shape index (κ1) is 21.5. The van der Waals surface area contributed by atoms with Gasteiger partial charge in [0.15, 0.2) is 0 Å². The first-order valence-corrected chi connectivity index (χ1v) is 10.5. The summed E-state index contributed by atoms with van der Waals surface area (Å²) >= 11 is 0. The van der Waals surface area contributed by atoms with Crippen LogP contribution in [0, 0.1) is 22.7 Å². The highest BCUT2D eigenvalue weighted by molar-refractivity contribution is 6.08. The summed E-state index contributed by atoms with van der Waals surface area (Å²) in [5.41, 5.74) is 14.9. The molecule has 1 aromatic carbocycles. The molecule has 1 amide bonds. The largest absolute Gasteiger partial charge is 0.398 e. The summed E-state index contributed by atoms with van der Waals surface area (Å²) in [6.45, 7) is 0. The van der Waals surface area contributed by atoms with E-state index in [2.05, 4.69) is 10.3 Å². The average molecular weight is 407 g/mol. The second kappa shape index (κ2) is 10.0. The minimum absolute atomic E-state index is 0.0786. The third-order valence-corrected chi connectivity index (χ3v) is 5.78. The standard InChI is InChI=1S/C23H30N6O/c24-14-28-22(27)17-10-11-20(25)19(13-17)21(26)16-8-4-5-9-18(12-16)29-23(30)15-6-2-1-3-7-15/h5,9-16,26H,1-4,6-8,25H2,(H,29,30)(H3,24,27,28). The Morgan fingerprint density at radius 1 is 1.20 bits per heavy atom. The lowest BCUT2D eigenvalue weighted by Crippen LogP contribution is -2.31. The number of nitrogens with one attached hydrogen (secondary N) is 3. The number of carbonyl (C=O) groups excluding carboxylic acids is 1. The number of carbonyl (C=O) groups is 1. The van der Waals surface area contributed by atoms with E-state index in [1.165, 1.54) is 6.42 Å². The van der Waals surface area contributed by atoms with Crippen molar-refractivity contribution in [3.8, 4) is 0 Å². The van der Waals surface area contributed by atoms with Crippen LogP contribution in [-0.2, 0) is 4.79 Å². The van der Waals surface area contributed by atoms with Crippen LogP contribution in [0.4, 0.5) is 5.69 Å². The summed E-state index contributed by atoms with van der Waals surface area (Å²) < 4.78 is 0. The number of allylic oxidation sites excluding steroid dienone is 3. The summed E-state index contributed by atoms with van der Waals surface area (Å²) in [5, 5.41) is 18.9. The van der Waals surface area contributed by atoms with E-state index in [0.29, 0.717) is 22.5 Å². The van der Waals surface area contributed by atoms with Gasteiger partial charge in [-0.25, -0.2) is 4.99 Å². The summed E-state index contributed by atoms with van der Waals surface area (Å²) in [6, 6.07) is 5.18. The normalized spacial score (nSPS) is 20.2. The minimum atomic E-state index is -0.180. The van der Waals surface area contributed by atoms with Gasteiger partial charge in [-0.05, 0) is 50.0 Å². The second-order valence-electron chi connectivity index (χ2n) is 7.89. The van der Waals surface area contributed by atoms with E-state index in [1.807, 2.05) is 18.2 Å². The summed E-state index contributed by atoms with van der Waals surface area (Å²) in [6.07, 6.45) is 13.7. The van der Waals surface area contributed by atoms with Gasteiger partial charge in [0.05, 0.1) is 0 Å². The van der Waals surface area contributed by atoms with Gasteiger partial charge in [-0.1, -0.05) is 31.4 Å². The summed E-state index contributed by atoms with van der Waals surface area (Å²) in [7, 11) is 0. The summed E-state index contributed by atoms with van der Waals surface area (Å²) in [4.78, 5) is 16.5. The monoisotopic (exact) mass is 406 g/mol. The zero-order chi connectivity index (χ0) is 21.5. The zero-order valence-electron chi connectivity index (χ0n) is 17.2. The number of nitrogens with zero attached hydrogens (tertiary/aromatic N) is 1. The van der Waals surface area contributed by atoms with Gasteiger partial charge < -0.3 is 22.2 Å². The Morgan fingerprint density at radius 3 is 2.70 bits per heavy atom. The molecule has 3 rings (SSSR count). The molecule has 0 radical (unpaired) electrons. The van der Waals surface area contributed by atoms with Crippen LogP contribution in [0.2, 0.25) is 0 Å². The lowest BCUT2D eigenvalue weighted by atomic mass is 9.88. The molecule has 1 saturated carbocycles. The molecule has 158 valence electrons. The molecule has 2 aliphatic carbocycles. The maximum atomic E-state index is 12.7. The predicted molar refractivity (Wildman–Crippen MR) is 122 cm³/mol. The van der Waals surface area contributed by atoms with E-state index in [0.717, 1.165) is 50.6 Å². The van der Waals surface area contributed by atoms with Crippen LogP contribution in [0.5, 0.6) is 0 Å². The first-order chi connectivity index (χ1) is 14.5. The highest BCUT2D eigenvalue weighted by Crippen LogP contribution is 2.26. The average Bonchev–Trinajstić information content (AvgIpc) is 3.00. The Morgan fingerprint density at radius 2 is 1.97 bits per heavy atom. The van der Waals surface area contributed by atoms with Crippen molar-refractivity contribution < 1.29 is 4.79 Å². The van der Waals surface area contributed by atoms with Gasteiger partial charge in [-0.15, -0.1) is 0 Å². The molecule has 7 nitrogen and oxygen atoms in total. The highest BCUT2D eigenvalue weighted by Gasteiger charge is 2.23. The third kappa shape index (κ3) is 5.23. The van der Waals surface area contributed by atoms with Crippen molar-refractivity contribution in [2.75, 3.05) is 5.73 Å². The molecule has 1 fully saturated rings. The number of amides is 1. The fraction of sp³-hybridized carbons (Fsp3) is 0.391. The molecular weight excluding hydrogens is 376 g/mol. The smallest absolute Gasteiger partial charge is 0.227 e. The number of anilines is 1. The van der Waals surface area contributed by atoms with Crippen LogP contribution in [-0.4, -0.2) is 23.8 Å². The molecule has 7 heteroatoms. The Bertz CT molecular complexity index is 908. The Kier molecular flexibility index (Phi) is 7.17. The van der Waals surface area contributed by atoms with Crippen molar-refractivity contribution in [3.63, 3.8) is 0 Å². The van der Waals surface area contributed by atoms with E-state index < -0.39 is 0 Å². The number of nitrogens with two attached hydrogens (primary N) is 2. The maximum absolute atomic E-state index is 12.7. The molecule has 0 bridgehead atoms. The first-order valence-electron chi connectivity index (χ1n) is 10.5. The highest BCUT2D eigenvalue weighted by atomic mass is 16.1. The molecule has 0 heterocycles. The molecule has 0 aliphatic heterocycles. The molecular formula is C23H30N6O. The fourth-order valence-electron chi connectivity index (χ4n) is 4.05. The van der Waals surface area contributed by atoms with Crippen LogP contribution >= 0.6 is 0 Å². The Hall–Kier alpha value is -3.22. The molecule has 1 atom stereocenters. The molecule has 1 unspecified atom stereocenters. The fourth-order valence-corrected chi connectivity index (χ4v) is 4.05. The van der Waals surface area contributed by atoms with Gasteiger partial charge in [0, 0.05) is 40.1 Å². The van der Waals surface area contributed by atoms with Gasteiger partial charge in [0.25, 0.3) is 0 Å². The van der Waals surface area contributed by atoms with Crippen LogP contribution in [0.3, 0.4) is 0 Å². The quantitative estimate of drug-likeness (QED) is 0.280. The number of hydrogen-bond donors (Lipinski definition) is 5. The van der Waals surface area contributed by atoms with Crippen molar-refractivity contribution in [1.29, 1.82) is 10.8 Å². The van der Waals surface area contributed by atoms with E-state index in [9.17, 15) is 4.79 Å². The number of aliphatic imine (C=N–C) groups is 1. The predicted octanol–water partition coefficient (Wildman–Crippen LogP) is 3.50. The van der Waals surface area contributed by atoms with Crippen LogP contribution in [0.15, 0.2) is 47.1 Å². The van der Waals surface area contributed by atoms with Crippen LogP contribution in [0.1, 0.15) is 56.1 Å². The Labute approximate surface area is 177 Å². The molecule has 0 aromatic heterocycles. The number of rotatable bonds is 6. The van der Waals surface area contributed by atoms with E-state index in [-0.39, 0.29) is 23.6 Å².